The Morgan fingerprint density at radius 1 is 1.28 bits per heavy atom. The minimum Gasteiger partial charge on any atom is -0.390 e. The third-order valence-electron chi connectivity index (χ3n) is 3.12. The van der Waals surface area contributed by atoms with Crippen LogP contribution >= 0.6 is 11.3 Å². The van der Waals surface area contributed by atoms with Crippen molar-refractivity contribution in [3.63, 3.8) is 0 Å². The van der Waals surface area contributed by atoms with Crippen molar-refractivity contribution in [2.24, 2.45) is 0 Å². The topological polar surface area (TPSA) is 46.3 Å². The lowest BCUT2D eigenvalue weighted by molar-refractivity contribution is 0.0774. The van der Waals surface area contributed by atoms with Crippen molar-refractivity contribution in [2.45, 2.75) is 46.5 Å². The average Bonchev–Trinajstić information content (AvgIpc) is 2.72. The Balaban J connectivity index is 2.74. The van der Waals surface area contributed by atoms with E-state index in [0.717, 1.165) is 19.5 Å². The lowest BCUT2D eigenvalue weighted by Gasteiger charge is -2.18. The molecule has 2 N–H and O–H groups in total. The van der Waals surface area contributed by atoms with Gasteiger partial charge < -0.3 is 10.6 Å². The van der Waals surface area contributed by atoms with E-state index in [2.05, 4.69) is 6.92 Å². The smallest absolute Gasteiger partial charge is 0.256 e. The second-order valence-corrected chi connectivity index (χ2v) is 5.59. The molecule has 18 heavy (non-hydrogen) atoms. The number of carbonyl (C=O) groups is 1. The predicted molar refractivity (Wildman–Crippen MR) is 79.2 cm³/mol. The third-order valence-corrected chi connectivity index (χ3v) is 4.14. The van der Waals surface area contributed by atoms with Crippen molar-refractivity contribution in [1.82, 2.24) is 4.90 Å². The quantitative estimate of drug-likeness (QED) is 0.769. The number of anilines is 1. The van der Waals surface area contributed by atoms with Gasteiger partial charge in [0.05, 0.1) is 10.6 Å². The number of nitrogens with zero attached hydrogens (tertiary/aromatic N) is 1. The highest BCUT2D eigenvalue weighted by Gasteiger charge is 2.18. The summed E-state index contributed by atoms with van der Waals surface area (Å²) in [5.41, 5.74) is 6.65. The van der Waals surface area contributed by atoms with Crippen LogP contribution in [0.2, 0.25) is 0 Å². The number of hydrogen-bond acceptors (Lipinski definition) is 3. The number of thiophene rings is 1. The molecule has 0 radical (unpaired) electrons. The normalized spacial score (nSPS) is 10.6. The zero-order chi connectivity index (χ0) is 13.5. The highest BCUT2D eigenvalue weighted by atomic mass is 32.1. The molecule has 0 aliphatic rings. The summed E-state index contributed by atoms with van der Waals surface area (Å²) in [5, 5.41) is 0.665. The summed E-state index contributed by atoms with van der Waals surface area (Å²) < 4.78 is 0. The Morgan fingerprint density at radius 3 is 2.50 bits per heavy atom. The summed E-state index contributed by atoms with van der Waals surface area (Å²) in [5.74, 6) is 0.0653. The molecular weight excluding hydrogens is 244 g/mol. The molecule has 0 saturated carbocycles. The zero-order valence-electron chi connectivity index (χ0n) is 11.7. The van der Waals surface area contributed by atoms with Gasteiger partial charge in [0, 0.05) is 18.0 Å². The van der Waals surface area contributed by atoms with E-state index in [1.165, 1.54) is 24.1 Å². The van der Waals surface area contributed by atoms with Crippen LogP contribution in [0.25, 0.3) is 0 Å². The summed E-state index contributed by atoms with van der Waals surface area (Å²) in [6, 6.07) is 1.98. The summed E-state index contributed by atoms with van der Waals surface area (Å²) in [7, 11) is 0. The van der Waals surface area contributed by atoms with E-state index in [4.69, 9.17) is 5.73 Å². The molecule has 0 saturated heterocycles. The minimum atomic E-state index is 0.0653. The molecule has 0 aromatic carbocycles. The Labute approximate surface area is 114 Å². The van der Waals surface area contributed by atoms with Crippen molar-refractivity contribution in [2.75, 3.05) is 18.8 Å². The second kappa shape index (κ2) is 7.41. The van der Waals surface area contributed by atoms with Crippen molar-refractivity contribution in [3.8, 4) is 0 Å². The largest absolute Gasteiger partial charge is 0.390 e. The summed E-state index contributed by atoms with van der Waals surface area (Å²) in [4.78, 5) is 15.3. The highest BCUT2D eigenvalue weighted by Crippen LogP contribution is 2.27. The van der Waals surface area contributed by atoms with Gasteiger partial charge in [-0.3, -0.25) is 4.79 Å². The SMILES string of the molecule is CCCCCc1cc(C(=O)N(CC)CC)c(N)s1. The van der Waals surface area contributed by atoms with Crippen LogP contribution in [0, 0.1) is 0 Å². The lowest BCUT2D eigenvalue weighted by atomic mass is 10.1. The molecule has 0 bridgehead atoms. The van der Waals surface area contributed by atoms with Gasteiger partial charge in [0.1, 0.15) is 0 Å². The summed E-state index contributed by atoms with van der Waals surface area (Å²) in [6.45, 7) is 7.64. The van der Waals surface area contributed by atoms with Gasteiger partial charge in [0.25, 0.3) is 5.91 Å². The van der Waals surface area contributed by atoms with Crippen LogP contribution in [-0.4, -0.2) is 23.9 Å². The number of nitrogen functional groups attached to an aromatic ring is 1. The Hall–Kier alpha value is -1.03. The maximum absolute atomic E-state index is 12.2. The second-order valence-electron chi connectivity index (χ2n) is 4.43. The highest BCUT2D eigenvalue weighted by molar-refractivity contribution is 7.16. The molecule has 1 aromatic heterocycles. The van der Waals surface area contributed by atoms with Crippen molar-refractivity contribution >= 4 is 22.2 Å². The minimum absolute atomic E-state index is 0.0653. The van der Waals surface area contributed by atoms with E-state index in [-0.39, 0.29) is 5.91 Å². The number of amides is 1. The molecule has 0 unspecified atom stereocenters. The zero-order valence-corrected chi connectivity index (χ0v) is 12.5. The maximum Gasteiger partial charge on any atom is 0.256 e. The number of hydrogen-bond donors (Lipinski definition) is 1. The van der Waals surface area contributed by atoms with E-state index in [1.54, 1.807) is 11.3 Å². The van der Waals surface area contributed by atoms with Gasteiger partial charge >= 0.3 is 0 Å². The molecule has 0 fully saturated rings. The van der Waals surface area contributed by atoms with Gasteiger partial charge in [-0.1, -0.05) is 19.8 Å². The van der Waals surface area contributed by atoms with E-state index in [1.807, 2.05) is 24.8 Å². The van der Waals surface area contributed by atoms with Crippen LogP contribution in [0.4, 0.5) is 5.00 Å². The molecule has 1 rings (SSSR count). The van der Waals surface area contributed by atoms with Crippen LogP contribution in [-0.2, 0) is 6.42 Å². The van der Waals surface area contributed by atoms with E-state index in [9.17, 15) is 4.79 Å². The average molecular weight is 268 g/mol. The number of rotatable bonds is 7. The summed E-state index contributed by atoms with van der Waals surface area (Å²) >= 11 is 1.56. The van der Waals surface area contributed by atoms with Crippen LogP contribution in [0.15, 0.2) is 6.07 Å². The standard InChI is InChI=1S/C14H24N2OS/c1-4-7-8-9-11-10-12(13(15)18-11)14(17)16(5-2)6-3/h10H,4-9,15H2,1-3H3. The molecule has 3 nitrogen and oxygen atoms in total. The fraction of sp³-hybridized carbons (Fsp3) is 0.643. The molecule has 0 spiro atoms. The van der Waals surface area contributed by atoms with Gasteiger partial charge in [0.2, 0.25) is 0 Å². The van der Waals surface area contributed by atoms with Crippen LogP contribution in [0.5, 0.6) is 0 Å². The van der Waals surface area contributed by atoms with Gasteiger partial charge in [0.15, 0.2) is 0 Å². The van der Waals surface area contributed by atoms with Gasteiger partial charge in [-0.25, -0.2) is 0 Å². The molecule has 1 heterocycles. The number of nitrogens with two attached hydrogens (primary N) is 1. The summed E-state index contributed by atoms with van der Waals surface area (Å²) in [6.07, 6.45) is 4.66. The van der Waals surface area contributed by atoms with E-state index in [0.29, 0.717) is 10.6 Å². The van der Waals surface area contributed by atoms with E-state index >= 15 is 0 Å². The van der Waals surface area contributed by atoms with Crippen LogP contribution < -0.4 is 5.73 Å². The van der Waals surface area contributed by atoms with Gasteiger partial charge in [-0.2, -0.15) is 0 Å². The molecule has 102 valence electrons. The van der Waals surface area contributed by atoms with Crippen molar-refractivity contribution in [1.29, 1.82) is 0 Å². The fourth-order valence-electron chi connectivity index (χ4n) is 1.98. The third kappa shape index (κ3) is 3.73. The lowest BCUT2D eigenvalue weighted by Crippen LogP contribution is -2.30. The molecule has 1 aromatic rings. The molecular formula is C14H24N2OS. The van der Waals surface area contributed by atoms with Gasteiger partial charge in [-0.15, -0.1) is 11.3 Å². The first-order chi connectivity index (χ1) is 8.63. The van der Waals surface area contributed by atoms with Crippen LogP contribution in [0.1, 0.15) is 55.3 Å². The molecule has 1 amide bonds. The fourth-order valence-corrected chi connectivity index (χ4v) is 2.94. The van der Waals surface area contributed by atoms with Crippen LogP contribution in [0.3, 0.4) is 0 Å². The molecule has 0 atom stereocenters. The van der Waals surface area contributed by atoms with Crippen molar-refractivity contribution in [3.05, 3.63) is 16.5 Å². The van der Waals surface area contributed by atoms with Crippen molar-refractivity contribution < 1.29 is 4.79 Å². The number of unbranched alkanes of at least 4 members (excludes halogenated alkanes) is 2. The van der Waals surface area contributed by atoms with Gasteiger partial charge in [-0.05, 0) is 32.8 Å². The Morgan fingerprint density at radius 2 is 1.94 bits per heavy atom. The molecule has 4 heteroatoms. The first-order valence-electron chi connectivity index (χ1n) is 6.81. The maximum atomic E-state index is 12.2. The first kappa shape index (κ1) is 15.0. The Kier molecular flexibility index (Phi) is 6.19. The van der Waals surface area contributed by atoms with E-state index < -0.39 is 0 Å². The first-order valence-corrected chi connectivity index (χ1v) is 7.63. The molecule has 0 aliphatic heterocycles. The monoisotopic (exact) mass is 268 g/mol. The number of aryl methyl sites for hydroxylation is 1. The Bertz CT molecular complexity index is 383. The number of carbonyl (C=O) groups excluding carboxylic acids is 1. The predicted octanol–water partition coefficient (Wildman–Crippen LogP) is 3.55. The molecule has 0 aliphatic carbocycles.